The quantitative estimate of drug-likeness (QED) is 0.0953. The highest BCUT2D eigenvalue weighted by molar-refractivity contribution is 6.11. The van der Waals surface area contributed by atoms with Crippen molar-refractivity contribution in [2.75, 3.05) is 7.05 Å². The lowest BCUT2D eigenvalue weighted by atomic mass is 9.63. The Hall–Kier alpha value is -2.55. The molecule has 8 nitrogen and oxygen atoms in total. The van der Waals surface area contributed by atoms with Gasteiger partial charge in [-0.3, -0.25) is 25.0 Å². The number of hydrazine groups is 1. The molecular weight excluding hydrogens is 420 g/mol. The fourth-order valence-electron chi connectivity index (χ4n) is 4.45. The average Bonchev–Trinajstić information content (AvgIpc) is 2.84. The van der Waals surface area contributed by atoms with Crippen molar-refractivity contribution in [3.05, 3.63) is 42.0 Å². The molecule has 0 bridgehead atoms. The summed E-state index contributed by atoms with van der Waals surface area (Å²) in [6.07, 6.45) is 5.78. The molecule has 0 heterocycles. The molecule has 184 valence electrons. The van der Waals surface area contributed by atoms with E-state index in [4.69, 9.17) is 5.84 Å². The predicted octanol–water partition coefficient (Wildman–Crippen LogP) is 2.97. The number of nitrogens with one attached hydrogen (secondary N) is 3. The van der Waals surface area contributed by atoms with Gasteiger partial charge < -0.3 is 5.32 Å². The first-order chi connectivity index (χ1) is 15.7. The molecule has 8 heteroatoms. The molecule has 1 rings (SSSR count). The normalized spacial score (nSPS) is 16.9. The standard InChI is InChI=1S/C25H40N4O4/c1-6-16-25(23(32)28-26,17-18(3)7-2)22(31)24(4,27-5)20(21(30)29-33)15-11-14-19-12-9-8-10-13-19/h8-14,18,20,27,33H,6-7,15-17,26H2,1-5H3,(H,28,32)(H,29,30)/b14-11+/t18?,20-,24-,25?/m1/s1. The molecule has 1 aromatic rings. The summed E-state index contributed by atoms with van der Waals surface area (Å²) in [6.45, 7) is 7.49. The molecule has 0 aliphatic heterocycles. The number of Topliss-reactive ketones (excluding diaryl/α,β-unsaturated/α-hetero) is 1. The highest BCUT2D eigenvalue weighted by atomic mass is 16.5. The number of hydroxylamine groups is 1. The van der Waals surface area contributed by atoms with E-state index in [1.165, 1.54) is 0 Å². The van der Waals surface area contributed by atoms with Crippen LogP contribution < -0.4 is 22.1 Å². The number of carbonyl (C=O) groups is 3. The molecule has 2 unspecified atom stereocenters. The van der Waals surface area contributed by atoms with Crippen molar-refractivity contribution in [1.82, 2.24) is 16.2 Å². The highest BCUT2D eigenvalue weighted by Gasteiger charge is 2.55. The summed E-state index contributed by atoms with van der Waals surface area (Å²) in [5.41, 5.74) is 1.98. The summed E-state index contributed by atoms with van der Waals surface area (Å²) < 4.78 is 0. The number of allylic oxidation sites excluding steroid dienone is 1. The fourth-order valence-corrected chi connectivity index (χ4v) is 4.45. The van der Waals surface area contributed by atoms with Crippen LogP contribution in [-0.4, -0.2) is 35.4 Å². The number of amides is 2. The number of hydrogen-bond acceptors (Lipinski definition) is 6. The second-order valence-corrected chi connectivity index (χ2v) is 8.88. The minimum absolute atomic E-state index is 0.0852. The van der Waals surface area contributed by atoms with E-state index in [1.807, 2.05) is 57.2 Å². The largest absolute Gasteiger partial charge is 0.308 e. The van der Waals surface area contributed by atoms with E-state index in [0.29, 0.717) is 19.3 Å². The molecule has 0 spiro atoms. The zero-order valence-corrected chi connectivity index (χ0v) is 20.5. The average molecular weight is 461 g/mol. The van der Waals surface area contributed by atoms with Crippen molar-refractivity contribution in [1.29, 1.82) is 0 Å². The lowest BCUT2D eigenvalue weighted by Crippen LogP contribution is -2.65. The monoisotopic (exact) mass is 460 g/mol. The van der Waals surface area contributed by atoms with Gasteiger partial charge in [0, 0.05) is 0 Å². The van der Waals surface area contributed by atoms with Gasteiger partial charge in [-0.25, -0.2) is 11.3 Å². The Balaban J connectivity index is 3.49. The molecule has 0 saturated carbocycles. The third kappa shape index (κ3) is 6.72. The minimum Gasteiger partial charge on any atom is -0.308 e. The molecule has 6 N–H and O–H groups in total. The van der Waals surface area contributed by atoms with Crippen LogP contribution in [0.3, 0.4) is 0 Å². The number of carbonyl (C=O) groups excluding carboxylic acids is 3. The van der Waals surface area contributed by atoms with Crippen molar-refractivity contribution < 1.29 is 19.6 Å². The number of hydrogen-bond donors (Lipinski definition) is 5. The molecule has 0 fully saturated rings. The molecule has 0 aliphatic carbocycles. The van der Waals surface area contributed by atoms with E-state index in [1.54, 1.807) is 25.5 Å². The first kappa shape index (κ1) is 28.5. The van der Waals surface area contributed by atoms with Crippen LogP contribution in [0, 0.1) is 17.3 Å². The second-order valence-electron chi connectivity index (χ2n) is 8.88. The lowest BCUT2D eigenvalue weighted by molar-refractivity contribution is -0.153. The van der Waals surface area contributed by atoms with Crippen molar-refractivity contribution >= 4 is 23.7 Å². The maximum Gasteiger partial charge on any atom is 0.249 e. The molecule has 0 aromatic heterocycles. The summed E-state index contributed by atoms with van der Waals surface area (Å²) in [7, 11) is 1.58. The van der Waals surface area contributed by atoms with E-state index < -0.39 is 34.5 Å². The fraction of sp³-hybridized carbons (Fsp3) is 0.560. The van der Waals surface area contributed by atoms with Gasteiger partial charge >= 0.3 is 0 Å². The molecular formula is C25H40N4O4. The van der Waals surface area contributed by atoms with Crippen LogP contribution in [0.1, 0.15) is 65.4 Å². The first-order valence-corrected chi connectivity index (χ1v) is 11.6. The van der Waals surface area contributed by atoms with E-state index >= 15 is 0 Å². The Labute approximate surface area is 197 Å². The summed E-state index contributed by atoms with van der Waals surface area (Å²) in [5, 5.41) is 12.4. The molecule has 0 radical (unpaired) electrons. The summed E-state index contributed by atoms with van der Waals surface area (Å²) in [6, 6.07) is 9.55. The number of ketones is 1. The van der Waals surface area contributed by atoms with Gasteiger partial charge in [0.2, 0.25) is 11.8 Å². The molecule has 33 heavy (non-hydrogen) atoms. The Morgan fingerprint density at radius 3 is 2.30 bits per heavy atom. The molecule has 1 aromatic carbocycles. The van der Waals surface area contributed by atoms with Gasteiger partial charge in [0.05, 0.1) is 11.5 Å². The van der Waals surface area contributed by atoms with Crippen LogP contribution in [-0.2, 0) is 14.4 Å². The SMILES string of the molecule is CCCC(CC(C)CC)(C(=O)NN)C(=O)[C@](C)(NC)[C@H](C/C=C/c1ccccc1)C(=O)NO. The number of rotatable bonds is 14. The van der Waals surface area contributed by atoms with E-state index in [0.717, 1.165) is 12.0 Å². The van der Waals surface area contributed by atoms with Crippen molar-refractivity contribution in [2.24, 2.45) is 23.1 Å². The van der Waals surface area contributed by atoms with Crippen molar-refractivity contribution in [2.45, 2.75) is 65.3 Å². The van der Waals surface area contributed by atoms with Gasteiger partial charge in [0.15, 0.2) is 5.78 Å². The maximum absolute atomic E-state index is 14.2. The van der Waals surface area contributed by atoms with E-state index in [9.17, 15) is 19.6 Å². The predicted molar refractivity (Wildman–Crippen MR) is 130 cm³/mol. The van der Waals surface area contributed by atoms with E-state index in [-0.39, 0.29) is 12.3 Å². The third-order valence-electron chi connectivity index (χ3n) is 6.67. The van der Waals surface area contributed by atoms with Crippen LogP contribution in [0.2, 0.25) is 0 Å². The maximum atomic E-state index is 14.2. The van der Waals surface area contributed by atoms with Gasteiger partial charge in [-0.2, -0.15) is 0 Å². The van der Waals surface area contributed by atoms with Crippen LogP contribution in [0.5, 0.6) is 0 Å². The molecule has 0 aliphatic rings. The Morgan fingerprint density at radius 1 is 1.18 bits per heavy atom. The van der Waals surface area contributed by atoms with Crippen molar-refractivity contribution in [3.63, 3.8) is 0 Å². The van der Waals surface area contributed by atoms with Crippen LogP contribution in [0.4, 0.5) is 0 Å². The van der Waals surface area contributed by atoms with Gasteiger partial charge in [0.1, 0.15) is 5.41 Å². The second kappa shape index (κ2) is 13.2. The lowest BCUT2D eigenvalue weighted by Gasteiger charge is -2.43. The number of nitrogens with two attached hydrogens (primary N) is 1. The van der Waals surface area contributed by atoms with Gasteiger partial charge in [-0.05, 0) is 44.7 Å². The molecule has 4 atom stereocenters. The number of benzene rings is 1. The molecule has 0 saturated heterocycles. The molecule has 2 amide bonds. The Bertz CT molecular complexity index is 814. The Morgan fingerprint density at radius 2 is 1.82 bits per heavy atom. The Kier molecular flexibility index (Phi) is 11.4. The van der Waals surface area contributed by atoms with Gasteiger partial charge in [-0.15, -0.1) is 0 Å². The summed E-state index contributed by atoms with van der Waals surface area (Å²) >= 11 is 0. The zero-order valence-electron chi connectivity index (χ0n) is 20.5. The minimum atomic E-state index is -1.44. The third-order valence-corrected chi connectivity index (χ3v) is 6.67. The van der Waals surface area contributed by atoms with Gasteiger partial charge in [-0.1, -0.05) is 76.1 Å². The smallest absolute Gasteiger partial charge is 0.249 e. The first-order valence-electron chi connectivity index (χ1n) is 11.6. The van der Waals surface area contributed by atoms with Crippen LogP contribution in [0.25, 0.3) is 6.08 Å². The van der Waals surface area contributed by atoms with Crippen LogP contribution in [0.15, 0.2) is 36.4 Å². The number of likely N-dealkylation sites (N-methyl/N-ethyl adjacent to an activating group) is 1. The van der Waals surface area contributed by atoms with Gasteiger partial charge in [0.25, 0.3) is 0 Å². The zero-order chi connectivity index (χ0) is 25.1. The van der Waals surface area contributed by atoms with E-state index in [2.05, 4.69) is 10.7 Å². The highest BCUT2D eigenvalue weighted by Crippen LogP contribution is 2.40. The topological polar surface area (TPSA) is 134 Å². The summed E-state index contributed by atoms with van der Waals surface area (Å²) in [5.74, 6) is 2.97. The summed E-state index contributed by atoms with van der Waals surface area (Å²) in [4.78, 5) is 40.0. The van der Waals surface area contributed by atoms with Crippen molar-refractivity contribution in [3.8, 4) is 0 Å². The van der Waals surface area contributed by atoms with Crippen LogP contribution >= 0.6 is 0 Å².